The van der Waals surface area contributed by atoms with Crippen molar-refractivity contribution in [3.63, 3.8) is 0 Å². The van der Waals surface area contributed by atoms with E-state index < -0.39 is 0 Å². The molecule has 2 fully saturated rings. The molecule has 2 saturated carbocycles. The van der Waals surface area contributed by atoms with Crippen LogP contribution in [0.1, 0.15) is 193 Å². The molecule has 0 bridgehead atoms. The quantitative estimate of drug-likeness (QED) is 0.140. The summed E-state index contributed by atoms with van der Waals surface area (Å²) in [5.74, 6) is 0.951. The molecule has 0 radical (unpaired) electrons. The zero-order valence-corrected chi connectivity index (χ0v) is 53.0. The van der Waals surface area contributed by atoms with Crippen LogP contribution in [0.2, 0.25) is 0 Å². The van der Waals surface area contributed by atoms with Gasteiger partial charge in [0.25, 0.3) is 0 Å². The van der Waals surface area contributed by atoms with Crippen molar-refractivity contribution in [1.82, 2.24) is 0 Å². The second-order valence-corrected chi connectivity index (χ2v) is 29.6. The smallest absolute Gasteiger partial charge is 0.0563 e. The molecular weight excluding hydrogens is 1060 g/mol. The van der Waals surface area contributed by atoms with Crippen molar-refractivity contribution in [2.45, 2.75) is 166 Å². The van der Waals surface area contributed by atoms with Crippen molar-refractivity contribution < 1.29 is 0 Å². The summed E-state index contributed by atoms with van der Waals surface area (Å²) in [6.07, 6.45) is 18.7. The number of anilines is 5. The summed E-state index contributed by atoms with van der Waals surface area (Å²) in [4.78, 5) is 5.41. The molecule has 7 aliphatic rings. The minimum Gasteiger partial charge on any atom is -0.334 e. The lowest BCUT2D eigenvalue weighted by Gasteiger charge is -2.38. The maximum absolute atomic E-state index is 2.77. The molecule has 2 heteroatoms. The van der Waals surface area contributed by atoms with E-state index in [9.17, 15) is 0 Å². The Morgan fingerprint density at radius 1 is 0.318 bits per heavy atom. The number of hydrogen-bond donors (Lipinski definition) is 0. The molecule has 0 N–H and O–H groups in total. The van der Waals surface area contributed by atoms with Gasteiger partial charge in [-0.05, 0) is 226 Å². The third kappa shape index (κ3) is 7.85. The van der Waals surface area contributed by atoms with Crippen molar-refractivity contribution >= 4 is 55.6 Å². The van der Waals surface area contributed by atoms with E-state index in [1.807, 2.05) is 0 Å². The molecule has 0 aliphatic heterocycles. The van der Waals surface area contributed by atoms with Crippen molar-refractivity contribution in [3.8, 4) is 33.4 Å². The average Bonchev–Trinajstić information content (AvgIpc) is 1.41. The SMILES string of the molecule is CC1(C)C2=C(C=CC(N(c3ccc4c(c3)C(C)(C)c3ccccc3-4)c3ccc4c(C5CCCCC5)c5ccc(N(c6ccc7c(c6)C(C)(C)c6ccccc6-7)c6ccc7c(c6)C(C)(C)c6ccccc6-7)cc5c(C5CCCCC5)c4c3)C2)c2ccccc21. The lowest BCUT2D eigenvalue weighted by Crippen LogP contribution is -2.33. The molecule has 88 heavy (non-hydrogen) atoms. The summed E-state index contributed by atoms with van der Waals surface area (Å²) in [5.41, 5.74) is 31.4. The Bertz CT molecular complexity index is 4530. The number of allylic oxidation sites excluding steroid dienone is 2. The van der Waals surface area contributed by atoms with Crippen LogP contribution in [0.4, 0.5) is 28.4 Å². The molecule has 10 aromatic rings. The third-order valence-electron chi connectivity index (χ3n) is 23.4. The average molecular weight is 1140 g/mol. The van der Waals surface area contributed by atoms with Gasteiger partial charge in [-0.15, -0.1) is 0 Å². The standard InChI is InChI=1S/C86H82N2/c1-83(2)73-31-19-15-27-61(73)65-41-35-57(49-77(65)83)87(58-36-42-66-62-28-16-20-32-74(62)84(3,4)78(66)50-58)55-39-45-69-71(47-55)82(54-25-13-10-14-26-54)72-48-56(40-46-70(72)81(69)53-23-11-9-12-24-53)88(59-37-43-67-63-29-17-21-33-75(63)85(5,6)79(67)51-59)60-38-44-68-64-30-18-22-34-76(64)86(7,8)80(68)52-60/h15-22,27-51,53-54,60H,9-14,23-26,52H2,1-8H3. The molecule has 0 amide bonds. The number of fused-ring (bicyclic) bond motifs is 13. The lowest BCUT2D eigenvalue weighted by molar-refractivity contribution is 0.445. The molecule has 1 unspecified atom stereocenters. The van der Waals surface area contributed by atoms with Gasteiger partial charge in [0, 0.05) is 50.1 Å². The number of hydrogen-bond acceptors (Lipinski definition) is 2. The fraction of sp³-hybridized carbons (Fsp3) is 0.302. The molecule has 7 aliphatic carbocycles. The van der Waals surface area contributed by atoms with Gasteiger partial charge in [-0.1, -0.05) is 233 Å². The van der Waals surface area contributed by atoms with Crippen LogP contribution in [0, 0.1) is 0 Å². The van der Waals surface area contributed by atoms with E-state index in [1.165, 1.54) is 198 Å². The molecule has 436 valence electrons. The summed E-state index contributed by atoms with van der Waals surface area (Å²) in [6, 6.07) is 74.6. The molecule has 10 aromatic carbocycles. The van der Waals surface area contributed by atoms with Crippen LogP contribution in [-0.2, 0) is 21.7 Å². The van der Waals surface area contributed by atoms with Crippen LogP contribution >= 0.6 is 0 Å². The van der Waals surface area contributed by atoms with E-state index in [2.05, 4.69) is 265 Å². The topological polar surface area (TPSA) is 6.48 Å². The van der Waals surface area contributed by atoms with Crippen LogP contribution in [0.25, 0.3) is 60.5 Å². The first-order valence-electron chi connectivity index (χ1n) is 33.6. The van der Waals surface area contributed by atoms with Crippen LogP contribution in [0.5, 0.6) is 0 Å². The molecule has 17 rings (SSSR count). The zero-order chi connectivity index (χ0) is 59.6. The zero-order valence-electron chi connectivity index (χ0n) is 53.0. The Morgan fingerprint density at radius 3 is 1.16 bits per heavy atom. The molecule has 1 atom stereocenters. The molecule has 0 spiro atoms. The van der Waals surface area contributed by atoms with Gasteiger partial charge in [-0.2, -0.15) is 0 Å². The fourth-order valence-corrected chi connectivity index (χ4v) is 18.8. The lowest BCUT2D eigenvalue weighted by atomic mass is 9.74. The first-order chi connectivity index (χ1) is 42.7. The van der Waals surface area contributed by atoms with E-state index in [4.69, 9.17) is 0 Å². The van der Waals surface area contributed by atoms with Gasteiger partial charge in [0.2, 0.25) is 0 Å². The maximum Gasteiger partial charge on any atom is 0.0563 e. The van der Waals surface area contributed by atoms with Gasteiger partial charge in [-0.25, -0.2) is 0 Å². The summed E-state index contributed by atoms with van der Waals surface area (Å²) < 4.78 is 0. The largest absolute Gasteiger partial charge is 0.334 e. The summed E-state index contributed by atoms with van der Waals surface area (Å²) >= 11 is 0. The Morgan fingerprint density at radius 2 is 0.670 bits per heavy atom. The monoisotopic (exact) mass is 1140 g/mol. The van der Waals surface area contributed by atoms with E-state index in [-0.39, 0.29) is 27.7 Å². The van der Waals surface area contributed by atoms with Crippen LogP contribution < -0.4 is 9.80 Å². The van der Waals surface area contributed by atoms with Gasteiger partial charge < -0.3 is 9.80 Å². The molecule has 0 heterocycles. The second kappa shape index (κ2) is 19.6. The first kappa shape index (κ1) is 54.0. The third-order valence-corrected chi connectivity index (χ3v) is 23.4. The van der Waals surface area contributed by atoms with Crippen LogP contribution in [0.3, 0.4) is 0 Å². The maximum atomic E-state index is 2.77. The minimum absolute atomic E-state index is 0.0683. The highest BCUT2D eigenvalue weighted by Gasteiger charge is 2.43. The number of rotatable bonds is 8. The van der Waals surface area contributed by atoms with Gasteiger partial charge in [0.15, 0.2) is 0 Å². The summed E-state index contributed by atoms with van der Waals surface area (Å²) in [7, 11) is 0. The first-order valence-corrected chi connectivity index (χ1v) is 33.6. The van der Waals surface area contributed by atoms with Crippen molar-refractivity contribution in [2.75, 3.05) is 9.80 Å². The van der Waals surface area contributed by atoms with E-state index >= 15 is 0 Å². The van der Waals surface area contributed by atoms with Gasteiger partial charge in [0.05, 0.1) is 6.04 Å². The summed E-state index contributed by atoms with van der Waals surface area (Å²) in [5, 5.41) is 5.89. The number of benzene rings is 10. The highest BCUT2D eigenvalue weighted by molar-refractivity contribution is 6.09. The van der Waals surface area contributed by atoms with Gasteiger partial charge in [-0.3, -0.25) is 0 Å². The van der Waals surface area contributed by atoms with Gasteiger partial charge in [0.1, 0.15) is 0 Å². The highest BCUT2D eigenvalue weighted by Crippen LogP contribution is 2.58. The minimum atomic E-state index is -0.141. The van der Waals surface area contributed by atoms with Crippen LogP contribution in [-0.4, -0.2) is 6.04 Å². The van der Waals surface area contributed by atoms with Gasteiger partial charge >= 0.3 is 0 Å². The van der Waals surface area contributed by atoms with E-state index in [0.29, 0.717) is 11.8 Å². The second-order valence-electron chi connectivity index (χ2n) is 29.6. The number of nitrogens with zero attached hydrogens (tertiary/aromatic N) is 2. The molecular formula is C86H82N2. The Kier molecular flexibility index (Phi) is 12.1. The van der Waals surface area contributed by atoms with Crippen LogP contribution in [0.15, 0.2) is 206 Å². The normalized spacial score (nSPS) is 19.6. The fourth-order valence-electron chi connectivity index (χ4n) is 18.8. The Balaban J connectivity index is 0.900. The Labute approximate surface area is 522 Å². The van der Waals surface area contributed by atoms with Crippen molar-refractivity contribution in [2.24, 2.45) is 0 Å². The predicted molar refractivity (Wildman–Crippen MR) is 373 cm³/mol. The summed E-state index contributed by atoms with van der Waals surface area (Å²) in [6.45, 7) is 19.5. The van der Waals surface area contributed by atoms with E-state index in [1.54, 1.807) is 16.7 Å². The van der Waals surface area contributed by atoms with Crippen molar-refractivity contribution in [3.05, 3.63) is 261 Å². The molecule has 2 nitrogen and oxygen atoms in total. The predicted octanol–water partition coefficient (Wildman–Crippen LogP) is 23.7. The molecule has 0 saturated heterocycles. The van der Waals surface area contributed by atoms with Crippen molar-refractivity contribution in [1.29, 1.82) is 0 Å². The Hall–Kier alpha value is -8.20. The molecule has 0 aromatic heterocycles. The van der Waals surface area contributed by atoms with E-state index in [0.717, 1.165) is 6.42 Å². The highest BCUT2D eigenvalue weighted by atomic mass is 15.2.